The molecule has 0 rings (SSSR count). The summed E-state index contributed by atoms with van der Waals surface area (Å²) in [7, 11) is 9.67. The number of hydrogen-bond acceptors (Lipinski definition) is 0. The van der Waals surface area contributed by atoms with Crippen molar-refractivity contribution in [1.82, 2.24) is 0 Å². The maximum Gasteiger partial charge on any atom is 1.00 e. The molecule has 0 aliphatic rings. The summed E-state index contributed by atoms with van der Waals surface area (Å²) in [4.78, 5) is 0. The first-order valence-electron chi connectivity index (χ1n) is 0.535. The van der Waals surface area contributed by atoms with E-state index in [1.165, 1.54) is 0 Å². The van der Waals surface area contributed by atoms with E-state index in [1.54, 1.807) is 0 Å². The van der Waals surface area contributed by atoms with Crippen molar-refractivity contribution in [2.75, 3.05) is 0 Å². The average Bonchev–Trinajstić information content (AvgIpc) is 1.50. The van der Waals surface area contributed by atoms with Crippen LogP contribution in [0.4, 0.5) is 0 Å². The summed E-state index contributed by atoms with van der Waals surface area (Å²) in [5.41, 5.74) is 0. The number of hydrogen-bond donors (Lipinski definition) is 0. The van der Waals surface area contributed by atoms with Gasteiger partial charge in [-0.3, -0.25) is 0 Å². The summed E-state index contributed by atoms with van der Waals surface area (Å²) in [6.07, 6.45) is 0. The van der Waals surface area contributed by atoms with Gasteiger partial charge in [-0.05, 0) is 0 Å². The standard InChI is InChI=1S/2ClH.2Hg/h2*1H;;/q;;2*+1/p-1. The molecule has 0 fully saturated rings. The van der Waals surface area contributed by atoms with E-state index in [0.29, 0.717) is 49.8 Å². The SMILES string of the molecule is [Cl][Hg].[Cl][Hg].[H+]. The molecule has 0 heterocycles. The topological polar surface area (TPSA) is 0 Å². The normalized spacial score (nSPS) is 3.50. The summed E-state index contributed by atoms with van der Waals surface area (Å²) in [6.45, 7) is 0. The molecule has 0 spiro atoms. The monoisotopic (exact) mass is 475 g/mol. The first-order valence-corrected chi connectivity index (χ1v) is 14.1. The molecule has 0 N–H and O–H groups in total. The van der Waals surface area contributed by atoms with Crippen LogP contribution in [0.25, 0.3) is 0 Å². The molecule has 18 valence electrons. The van der Waals surface area contributed by atoms with Gasteiger partial charge in [-0.1, -0.05) is 0 Å². The Morgan fingerprint density at radius 2 is 1.00 bits per heavy atom. The predicted octanol–water partition coefficient (Wildman–Crippen LogP) is 1.49. The molecule has 0 aliphatic carbocycles. The Morgan fingerprint density at radius 1 is 1.00 bits per heavy atom. The van der Waals surface area contributed by atoms with Gasteiger partial charge in [0.15, 0.2) is 0 Å². The largest absolute Gasteiger partial charge is 1.00 e. The first kappa shape index (κ1) is 9.67. The van der Waals surface area contributed by atoms with E-state index in [2.05, 4.69) is 0 Å². The fourth-order valence-electron chi connectivity index (χ4n) is 0. The maximum atomic E-state index is 4.83. The van der Waals surface area contributed by atoms with Crippen LogP contribution in [0.15, 0.2) is 0 Å². The molecule has 0 atom stereocenters. The average molecular weight is 473 g/mol. The summed E-state index contributed by atoms with van der Waals surface area (Å²) in [5, 5.41) is 0. The van der Waals surface area contributed by atoms with Crippen LogP contribution in [0.3, 0.4) is 0 Å². The zero-order chi connectivity index (χ0) is 4.00. The van der Waals surface area contributed by atoms with E-state index in [1.807, 2.05) is 0 Å². The van der Waals surface area contributed by atoms with Gasteiger partial charge in [0.05, 0.1) is 0 Å². The van der Waals surface area contributed by atoms with Crippen LogP contribution in [0.5, 0.6) is 0 Å². The van der Waals surface area contributed by atoms with E-state index in [-0.39, 0.29) is 1.43 Å². The van der Waals surface area contributed by atoms with Crippen molar-refractivity contribution in [3.8, 4) is 0 Å². The van der Waals surface area contributed by atoms with Crippen molar-refractivity contribution in [3.05, 3.63) is 0 Å². The second-order valence-corrected chi connectivity index (χ2v) is 0. The van der Waals surface area contributed by atoms with E-state index in [4.69, 9.17) is 16.5 Å². The Hall–Kier alpha value is 2.45. The molecule has 0 radical (unpaired) electrons. The van der Waals surface area contributed by atoms with Crippen molar-refractivity contribution < 1.29 is 51.2 Å². The molecule has 0 aromatic heterocycles. The van der Waals surface area contributed by atoms with Crippen molar-refractivity contribution in [2.24, 2.45) is 0 Å². The molecule has 0 nitrogen and oxygen atoms in total. The smallest absolute Gasteiger partial charge is 1.00 e. The van der Waals surface area contributed by atoms with E-state index in [0.717, 1.165) is 0 Å². The molecule has 0 aliphatic heterocycles. The summed E-state index contributed by atoms with van der Waals surface area (Å²) < 4.78 is 0. The fraction of sp³-hybridized carbons (Fsp3) is 0. The Labute approximate surface area is 66.5 Å². The van der Waals surface area contributed by atoms with E-state index < -0.39 is 0 Å². The predicted molar refractivity (Wildman–Crippen MR) is 12.8 cm³/mol. The molecule has 0 unspecified atom stereocenters. The van der Waals surface area contributed by atoms with Crippen molar-refractivity contribution in [3.63, 3.8) is 0 Å². The summed E-state index contributed by atoms with van der Waals surface area (Å²) in [6, 6.07) is 0. The van der Waals surface area contributed by atoms with Gasteiger partial charge in [-0.15, -0.1) is 0 Å². The Kier molecular flexibility index (Phi) is 43.5. The molecule has 0 saturated carbocycles. The Bertz CT molecular complexity index is 7.61. The number of halogens is 2. The van der Waals surface area contributed by atoms with Crippen LogP contribution in [0.1, 0.15) is 1.43 Å². The van der Waals surface area contributed by atoms with Gasteiger partial charge in [-0.25, -0.2) is 0 Å². The molecule has 0 aromatic rings. The van der Waals surface area contributed by atoms with Gasteiger partial charge in [0.25, 0.3) is 0 Å². The van der Waals surface area contributed by atoms with Gasteiger partial charge in [0, 0.05) is 0 Å². The van der Waals surface area contributed by atoms with Crippen molar-refractivity contribution in [1.29, 1.82) is 0 Å². The van der Waals surface area contributed by atoms with Gasteiger partial charge in [0.2, 0.25) is 0 Å². The Morgan fingerprint density at radius 3 is 1.00 bits per heavy atom. The summed E-state index contributed by atoms with van der Waals surface area (Å²) >= 11 is 1.00. The fourth-order valence-corrected chi connectivity index (χ4v) is 0. The molecule has 0 saturated heterocycles. The van der Waals surface area contributed by atoms with Crippen LogP contribution >= 0.6 is 16.5 Å². The van der Waals surface area contributed by atoms with Gasteiger partial charge < -0.3 is 0 Å². The third-order valence-electron chi connectivity index (χ3n) is 0. The van der Waals surface area contributed by atoms with E-state index in [9.17, 15) is 0 Å². The maximum absolute atomic E-state index is 4.83. The van der Waals surface area contributed by atoms with Gasteiger partial charge in [-0.2, -0.15) is 0 Å². The molecular formula is HCl2Hg2+. The van der Waals surface area contributed by atoms with Gasteiger partial charge >= 0.3 is 67.7 Å². The quantitative estimate of drug-likeness (QED) is 0.469. The second kappa shape index (κ2) is 18.0. The minimum absolute atomic E-state index is 0. The molecule has 0 amide bonds. The molecule has 0 bridgehead atoms. The zero-order valence-electron chi connectivity index (χ0n) is 3.17. The van der Waals surface area contributed by atoms with Crippen LogP contribution < -0.4 is 0 Å². The van der Waals surface area contributed by atoms with Crippen molar-refractivity contribution >= 4 is 16.5 Å². The molecule has 0 aromatic carbocycles. The third-order valence-corrected chi connectivity index (χ3v) is 0. The zero-order valence-corrected chi connectivity index (χ0v) is 14.7. The molecule has 4 heavy (non-hydrogen) atoms. The summed E-state index contributed by atoms with van der Waals surface area (Å²) in [5.74, 6) is 0. The van der Waals surface area contributed by atoms with Gasteiger partial charge in [0.1, 0.15) is 0 Å². The number of rotatable bonds is 0. The first-order chi connectivity index (χ1) is 2.00. The molecular weight excluding hydrogens is 472 g/mol. The second-order valence-electron chi connectivity index (χ2n) is 0. The van der Waals surface area contributed by atoms with Crippen LogP contribution in [-0.4, -0.2) is 0 Å². The Balaban J connectivity index is -0.0000000133. The third kappa shape index (κ3) is 8.82. The molecule has 4 heteroatoms. The van der Waals surface area contributed by atoms with Crippen LogP contribution in [0, 0.1) is 0 Å². The van der Waals surface area contributed by atoms with E-state index >= 15 is 0 Å². The minimum Gasteiger partial charge on any atom is 1.00 e. The van der Waals surface area contributed by atoms with Crippen LogP contribution in [0.2, 0.25) is 0 Å². The minimum atomic E-state index is 0. The van der Waals surface area contributed by atoms with Crippen molar-refractivity contribution in [2.45, 2.75) is 0 Å². The van der Waals surface area contributed by atoms with Crippen LogP contribution in [-0.2, 0) is 49.8 Å².